The first kappa shape index (κ1) is 11.3. The molecule has 0 aliphatic heterocycles. The fourth-order valence-corrected chi connectivity index (χ4v) is 1.81. The molecule has 1 rings (SSSR count). The van der Waals surface area contributed by atoms with Gasteiger partial charge in [-0.3, -0.25) is 4.79 Å². The van der Waals surface area contributed by atoms with E-state index in [1.807, 2.05) is 47.2 Å². The maximum absolute atomic E-state index is 11.3. The van der Waals surface area contributed by atoms with E-state index in [9.17, 15) is 4.79 Å². The molecule has 3 heteroatoms. The number of nitrogens with zero attached hydrogens (tertiary/aromatic N) is 1. The van der Waals surface area contributed by atoms with Crippen molar-refractivity contribution in [1.29, 1.82) is 0 Å². The molecule has 0 bridgehead atoms. The molecule has 0 unspecified atom stereocenters. The van der Waals surface area contributed by atoms with Gasteiger partial charge in [-0.25, -0.2) is 0 Å². The maximum Gasteiger partial charge on any atom is 0.161 e. The Labute approximate surface area is 97.8 Å². The average Bonchev–Trinajstić information content (AvgIpc) is 2.38. The standard InChI is InChI=1S/C11H12INO/c1-8-7-13(6-4-5-12)9(2)11(8)10(3)14/h7H,6H2,1-3H3. The van der Waals surface area contributed by atoms with Crippen LogP contribution in [0.15, 0.2) is 6.20 Å². The molecule has 74 valence electrons. The predicted octanol–water partition coefficient (Wildman–Crippen LogP) is 2.70. The molecule has 0 N–H and O–H groups in total. The first-order valence-corrected chi connectivity index (χ1v) is 5.41. The predicted molar refractivity (Wildman–Crippen MR) is 65.7 cm³/mol. The highest BCUT2D eigenvalue weighted by Gasteiger charge is 2.12. The minimum atomic E-state index is 0.126. The summed E-state index contributed by atoms with van der Waals surface area (Å²) in [4.78, 5) is 11.3. The van der Waals surface area contributed by atoms with Gasteiger partial charge in [-0.15, -0.1) is 0 Å². The summed E-state index contributed by atoms with van der Waals surface area (Å²) in [5.41, 5.74) is 2.87. The molecule has 14 heavy (non-hydrogen) atoms. The van der Waals surface area contributed by atoms with Crippen molar-refractivity contribution in [3.8, 4) is 9.85 Å². The molecule has 0 aliphatic carbocycles. The molecule has 1 heterocycles. The third-order valence-electron chi connectivity index (χ3n) is 2.20. The lowest BCUT2D eigenvalue weighted by Gasteiger charge is -2.00. The lowest BCUT2D eigenvalue weighted by Crippen LogP contribution is -2.00. The van der Waals surface area contributed by atoms with Crippen LogP contribution in [0, 0.1) is 23.7 Å². The molecule has 0 amide bonds. The Bertz CT molecular complexity index is 420. The van der Waals surface area contributed by atoms with E-state index < -0.39 is 0 Å². The van der Waals surface area contributed by atoms with Gasteiger partial charge in [0, 0.05) is 40.0 Å². The highest BCUT2D eigenvalue weighted by molar-refractivity contribution is 14.1. The van der Waals surface area contributed by atoms with E-state index in [0.29, 0.717) is 6.54 Å². The Morgan fingerprint density at radius 1 is 1.57 bits per heavy atom. The first-order valence-electron chi connectivity index (χ1n) is 4.33. The molecular weight excluding hydrogens is 289 g/mol. The number of ketones is 1. The highest BCUT2D eigenvalue weighted by atomic mass is 127. The molecule has 0 radical (unpaired) electrons. The maximum atomic E-state index is 11.3. The van der Waals surface area contributed by atoms with Gasteiger partial charge in [0.25, 0.3) is 0 Å². The van der Waals surface area contributed by atoms with Gasteiger partial charge in [-0.1, -0.05) is 5.92 Å². The fraction of sp³-hybridized carbons (Fsp3) is 0.364. The van der Waals surface area contributed by atoms with Crippen LogP contribution in [0.25, 0.3) is 0 Å². The zero-order valence-electron chi connectivity index (χ0n) is 8.52. The highest BCUT2D eigenvalue weighted by Crippen LogP contribution is 2.16. The summed E-state index contributed by atoms with van der Waals surface area (Å²) >= 11 is 2.01. The van der Waals surface area contributed by atoms with E-state index >= 15 is 0 Å². The van der Waals surface area contributed by atoms with Gasteiger partial charge in [-0.05, 0) is 30.3 Å². The molecule has 0 saturated carbocycles. The summed E-state index contributed by atoms with van der Waals surface area (Å²) in [6.07, 6.45) is 1.98. The minimum absolute atomic E-state index is 0.126. The Balaban J connectivity index is 3.14. The molecule has 1 aromatic rings. The Morgan fingerprint density at radius 2 is 2.21 bits per heavy atom. The first-order chi connectivity index (χ1) is 6.57. The van der Waals surface area contributed by atoms with Crippen LogP contribution in [0.5, 0.6) is 0 Å². The number of halogens is 1. The molecular formula is C11H12INO. The van der Waals surface area contributed by atoms with Crippen molar-refractivity contribution in [2.45, 2.75) is 27.3 Å². The fourth-order valence-electron chi connectivity index (χ4n) is 1.64. The van der Waals surface area contributed by atoms with Gasteiger partial charge in [0.2, 0.25) is 0 Å². The average molecular weight is 301 g/mol. The molecule has 2 nitrogen and oxygen atoms in total. The van der Waals surface area contributed by atoms with Crippen LogP contribution in [0.4, 0.5) is 0 Å². The Hall–Kier alpha value is -0.760. The lowest BCUT2D eigenvalue weighted by molar-refractivity contribution is 0.101. The van der Waals surface area contributed by atoms with Crippen LogP contribution in [-0.4, -0.2) is 10.4 Å². The number of hydrogen-bond donors (Lipinski definition) is 0. The monoisotopic (exact) mass is 301 g/mol. The van der Waals surface area contributed by atoms with Crippen LogP contribution in [-0.2, 0) is 6.54 Å². The van der Waals surface area contributed by atoms with Crippen molar-refractivity contribution in [2.24, 2.45) is 0 Å². The molecule has 0 aliphatic rings. The second kappa shape index (κ2) is 4.65. The number of carbonyl (C=O) groups excluding carboxylic acids is 1. The summed E-state index contributed by atoms with van der Waals surface area (Å²) < 4.78 is 4.83. The molecule has 0 aromatic carbocycles. The van der Waals surface area contributed by atoms with Crippen molar-refractivity contribution in [3.63, 3.8) is 0 Å². The zero-order valence-corrected chi connectivity index (χ0v) is 10.7. The van der Waals surface area contributed by atoms with E-state index in [1.54, 1.807) is 6.92 Å². The quantitative estimate of drug-likeness (QED) is 0.468. The summed E-state index contributed by atoms with van der Waals surface area (Å²) in [6, 6.07) is 0. The van der Waals surface area contributed by atoms with Gasteiger partial charge in [-0.2, -0.15) is 0 Å². The largest absolute Gasteiger partial charge is 0.339 e. The Kier molecular flexibility index (Phi) is 3.76. The van der Waals surface area contributed by atoms with Crippen molar-refractivity contribution in [3.05, 3.63) is 23.0 Å². The summed E-state index contributed by atoms with van der Waals surface area (Å²) in [6.45, 7) is 6.17. The van der Waals surface area contributed by atoms with E-state index in [1.165, 1.54) is 0 Å². The zero-order chi connectivity index (χ0) is 10.7. The number of Topliss-reactive ketones (excluding diaryl/α,β-unsaturated/α-hetero) is 1. The van der Waals surface area contributed by atoms with E-state index in [-0.39, 0.29) is 5.78 Å². The number of hydrogen-bond acceptors (Lipinski definition) is 1. The van der Waals surface area contributed by atoms with E-state index in [2.05, 4.69) is 9.85 Å². The van der Waals surface area contributed by atoms with Gasteiger partial charge in [0.05, 0.1) is 6.54 Å². The number of rotatable bonds is 2. The van der Waals surface area contributed by atoms with E-state index in [4.69, 9.17) is 0 Å². The van der Waals surface area contributed by atoms with Crippen molar-refractivity contribution in [1.82, 2.24) is 4.57 Å². The minimum Gasteiger partial charge on any atom is -0.339 e. The molecule has 0 fully saturated rings. The van der Waals surface area contributed by atoms with Crippen molar-refractivity contribution in [2.75, 3.05) is 0 Å². The van der Waals surface area contributed by atoms with Crippen LogP contribution >= 0.6 is 22.6 Å². The molecule has 0 saturated heterocycles. The molecule has 1 aromatic heterocycles. The topological polar surface area (TPSA) is 22.0 Å². The summed E-state index contributed by atoms with van der Waals surface area (Å²) in [5, 5.41) is 0. The van der Waals surface area contributed by atoms with E-state index in [0.717, 1.165) is 16.8 Å². The van der Waals surface area contributed by atoms with Gasteiger partial charge < -0.3 is 4.57 Å². The summed E-state index contributed by atoms with van der Waals surface area (Å²) in [5.74, 6) is 3.10. The summed E-state index contributed by atoms with van der Waals surface area (Å²) in [7, 11) is 0. The number of carbonyl (C=O) groups is 1. The normalized spacial score (nSPS) is 9.43. The molecule has 0 spiro atoms. The van der Waals surface area contributed by atoms with Crippen LogP contribution in [0.1, 0.15) is 28.5 Å². The van der Waals surface area contributed by atoms with Gasteiger partial charge >= 0.3 is 0 Å². The third kappa shape index (κ3) is 2.18. The third-order valence-corrected chi connectivity index (χ3v) is 2.59. The van der Waals surface area contributed by atoms with Crippen LogP contribution in [0.3, 0.4) is 0 Å². The smallest absolute Gasteiger partial charge is 0.161 e. The van der Waals surface area contributed by atoms with Gasteiger partial charge in [0.1, 0.15) is 0 Å². The van der Waals surface area contributed by atoms with Gasteiger partial charge in [0.15, 0.2) is 5.78 Å². The second-order valence-electron chi connectivity index (χ2n) is 3.23. The van der Waals surface area contributed by atoms with Crippen molar-refractivity contribution >= 4 is 28.4 Å². The van der Waals surface area contributed by atoms with Crippen LogP contribution < -0.4 is 0 Å². The van der Waals surface area contributed by atoms with Crippen molar-refractivity contribution < 1.29 is 4.79 Å². The number of aryl methyl sites for hydroxylation is 1. The second-order valence-corrected chi connectivity index (χ2v) is 3.77. The van der Waals surface area contributed by atoms with Crippen LogP contribution in [0.2, 0.25) is 0 Å². The number of aromatic nitrogens is 1. The lowest BCUT2D eigenvalue weighted by atomic mass is 10.1. The molecule has 0 atom stereocenters. The Morgan fingerprint density at radius 3 is 2.64 bits per heavy atom. The SMILES string of the molecule is CC(=O)c1c(C)cn(CC#CI)c1C.